The molecule has 5 atom stereocenters. The van der Waals surface area contributed by atoms with Gasteiger partial charge in [-0.15, -0.1) is 5.10 Å². The number of nitrogens with zero attached hydrogens (tertiary/aromatic N) is 4. The minimum Gasteiger partial charge on any atom is -0.480 e. The van der Waals surface area contributed by atoms with Crippen LogP contribution in [0.4, 0.5) is 5.69 Å². The molecule has 2 radical (unpaired) electrons. The summed E-state index contributed by atoms with van der Waals surface area (Å²) in [5, 5.41) is 24.8. The molecule has 4 N–H and O–H groups in total. The number of carbonyl (C=O) groups excluding carboxylic acids is 2. The van der Waals surface area contributed by atoms with Gasteiger partial charge in [-0.3, -0.25) is 18.9 Å². The molecule has 2 amide bonds. The molecule has 1 aromatic heterocycles. The maximum Gasteiger partial charge on any atom is 0.328 e. The van der Waals surface area contributed by atoms with Gasteiger partial charge in [0, 0.05) is 55.0 Å². The van der Waals surface area contributed by atoms with E-state index in [9.17, 15) is 28.9 Å². The average molecular weight is 835 g/mol. The van der Waals surface area contributed by atoms with Crippen molar-refractivity contribution < 1.29 is 42.9 Å². The Balaban J connectivity index is 1.08. The van der Waals surface area contributed by atoms with Gasteiger partial charge in [0.1, 0.15) is 19.6 Å². The smallest absolute Gasteiger partial charge is 0.328 e. The molecule has 0 saturated carbocycles. The highest BCUT2D eigenvalue weighted by Gasteiger charge is 2.38. The summed E-state index contributed by atoms with van der Waals surface area (Å²) in [4.78, 5) is 50.8. The van der Waals surface area contributed by atoms with Gasteiger partial charge >= 0.3 is 13.6 Å². The van der Waals surface area contributed by atoms with E-state index < -0.39 is 25.6 Å². The number of carbonyl (C=O) groups is 3. The number of hydrogen-bond acceptors (Lipinski definition) is 10. The van der Waals surface area contributed by atoms with Gasteiger partial charge in [0.2, 0.25) is 11.8 Å². The van der Waals surface area contributed by atoms with Crippen molar-refractivity contribution in [2.75, 3.05) is 30.8 Å². The Hall–Kier alpha value is -3.92. The molecule has 1 saturated heterocycles. The number of aliphatic carboxylic acids is 1. The second kappa shape index (κ2) is 22.1. The minimum atomic E-state index is -3.82. The van der Waals surface area contributed by atoms with Crippen molar-refractivity contribution in [3.8, 4) is 22.5 Å². The highest BCUT2D eigenvalue weighted by molar-refractivity contribution is 7.52. The first-order valence-electron chi connectivity index (χ1n) is 20.9. The summed E-state index contributed by atoms with van der Waals surface area (Å²) < 4.78 is 31.3. The Morgan fingerprint density at radius 3 is 2.47 bits per heavy atom. The summed E-state index contributed by atoms with van der Waals surface area (Å²) in [6, 6.07) is 14.2. The number of ether oxygens (including phenoxy) is 2. The van der Waals surface area contributed by atoms with Crippen LogP contribution in [-0.2, 0) is 46.0 Å². The lowest BCUT2D eigenvalue weighted by Gasteiger charge is -2.28. The molecule has 17 heteroatoms. The number of carboxylic acids is 1. The highest BCUT2D eigenvalue weighted by Crippen LogP contribution is 2.47. The Kier molecular flexibility index (Phi) is 17.3. The van der Waals surface area contributed by atoms with Gasteiger partial charge < -0.3 is 39.5 Å². The zero-order valence-corrected chi connectivity index (χ0v) is 35.6. The van der Waals surface area contributed by atoms with Crippen molar-refractivity contribution in [1.82, 2.24) is 25.6 Å². The molecule has 2 aromatic carbocycles. The van der Waals surface area contributed by atoms with Crippen LogP contribution in [-0.4, -0.2) is 107 Å². The quantitative estimate of drug-likeness (QED) is 0.0520. The van der Waals surface area contributed by atoms with Crippen LogP contribution in [0.5, 0.6) is 0 Å². The molecule has 320 valence electrons. The molecule has 5 rings (SSSR count). The summed E-state index contributed by atoms with van der Waals surface area (Å²) in [5.74, 6) is -1.51. The van der Waals surface area contributed by atoms with Crippen LogP contribution in [0.3, 0.4) is 0 Å². The van der Waals surface area contributed by atoms with E-state index in [1.807, 2.05) is 80.9 Å². The van der Waals surface area contributed by atoms with E-state index in [4.69, 9.17) is 21.8 Å². The number of amides is 2. The van der Waals surface area contributed by atoms with E-state index in [0.717, 1.165) is 41.6 Å². The highest BCUT2D eigenvalue weighted by atomic mass is 31.2. The van der Waals surface area contributed by atoms with Crippen molar-refractivity contribution in [2.24, 2.45) is 5.92 Å². The molecule has 15 nitrogen and oxygen atoms in total. The van der Waals surface area contributed by atoms with Crippen LogP contribution in [0.15, 0.2) is 48.5 Å². The van der Waals surface area contributed by atoms with Gasteiger partial charge in [-0.25, -0.2) is 4.68 Å². The summed E-state index contributed by atoms with van der Waals surface area (Å²) in [6.45, 7) is 9.35. The van der Waals surface area contributed by atoms with Crippen LogP contribution in [0.2, 0.25) is 0 Å². The maximum atomic E-state index is 13.9. The number of fused-ring (bicyclic) bond motifs is 5. The molecule has 3 unspecified atom stereocenters. The van der Waals surface area contributed by atoms with Crippen LogP contribution in [0.25, 0.3) is 22.5 Å². The van der Waals surface area contributed by atoms with Crippen LogP contribution in [0.1, 0.15) is 91.0 Å². The molecular weight excluding hydrogens is 774 g/mol. The lowest BCUT2D eigenvalue weighted by molar-refractivity contribution is -0.140. The van der Waals surface area contributed by atoms with E-state index >= 15 is 0 Å². The lowest BCUT2D eigenvalue weighted by Crippen LogP contribution is -2.40. The molecule has 2 aliphatic heterocycles. The molecule has 1 fully saturated rings. The lowest BCUT2D eigenvalue weighted by atomic mass is 9.92. The van der Waals surface area contributed by atoms with E-state index in [0.29, 0.717) is 56.8 Å². The molecule has 59 heavy (non-hydrogen) atoms. The summed E-state index contributed by atoms with van der Waals surface area (Å²) in [7, 11) is 2.11. The van der Waals surface area contributed by atoms with Crippen molar-refractivity contribution in [1.29, 1.82) is 0 Å². The Morgan fingerprint density at radius 1 is 1.00 bits per heavy atom. The molecule has 3 aromatic rings. The largest absolute Gasteiger partial charge is 0.480 e. The monoisotopic (exact) mass is 834 g/mol. The number of aromatic nitrogens is 3. The average Bonchev–Trinajstić information content (AvgIpc) is 3.76. The van der Waals surface area contributed by atoms with E-state index in [-0.39, 0.29) is 68.1 Å². The number of nitrogens with one attached hydrogen (secondary N) is 2. The second-order valence-electron chi connectivity index (χ2n) is 16.0. The van der Waals surface area contributed by atoms with Gasteiger partial charge in [-0.2, -0.15) is 0 Å². The number of rotatable bonds is 23. The first-order chi connectivity index (χ1) is 28.2. The zero-order valence-electron chi connectivity index (χ0n) is 34.8. The fourth-order valence-corrected chi connectivity index (χ4v) is 9.12. The number of aryl methyl sites for hydroxylation is 1. The van der Waals surface area contributed by atoms with Crippen molar-refractivity contribution in [3.63, 3.8) is 0 Å². The van der Waals surface area contributed by atoms with Gasteiger partial charge in [0.05, 0.1) is 49.5 Å². The van der Waals surface area contributed by atoms with E-state index in [1.165, 1.54) is 0 Å². The number of anilines is 1. The van der Waals surface area contributed by atoms with Crippen molar-refractivity contribution in [3.05, 3.63) is 54.1 Å². The predicted octanol–water partition coefficient (Wildman–Crippen LogP) is 5.67. The predicted molar refractivity (Wildman–Crippen MR) is 226 cm³/mol. The number of para-hydroxylation sites is 1. The normalized spacial score (nSPS) is 19.0. The first-order valence-corrected chi connectivity index (χ1v) is 22.6. The Morgan fingerprint density at radius 2 is 1.73 bits per heavy atom. The third-order valence-electron chi connectivity index (χ3n) is 10.5. The number of hydrogen-bond donors (Lipinski definition) is 4. The molecule has 2 aliphatic rings. The second-order valence-corrected chi connectivity index (χ2v) is 17.9. The molecule has 0 spiro atoms. The summed E-state index contributed by atoms with van der Waals surface area (Å²) in [6.07, 6.45) is 4.06. The summed E-state index contributed by atoms with van der Waals surface area (Å²) >= 11 is 0. The van der Waals surface area contributed by atoms with Crippen molar-refractivity contribution >= 4 is 38.9 Å². The first kappa shape index (κ1) is 46.2. The van der Waals surface area contributed by atoms with E-state index in [1.54, 1.807) is 4.90 Å². The topological polar surface area (TPSA) is 194 Å². The maximum absolute atomic E-state index is 13.9. The fourth-order valence-electron chi connectivity index (χ4n) is 7.62. The zero-order chi connectivity index (χ0) is 42.5. The molecule has 0 aliphatic carbocycles. The number of benzene rings is 2. The fraction of sp³-hybridized carbons (Fsp3) is 0.595. The van der Waals surface area contributed by atoms with Crippen LogP contribution >= 0.6 is 7.60 Å². The van der Waals surface area contributed by atoms with Gasteiger partial charge in [-0.1, -0.05) is 74.4 Å². The summed E-state index contributed by atoms with van der Waals surface area (Å²) in [5.41, 5.74) is 4.64. The van der Waals surface area contributed by atoms with Gasteiger partial charge in [-0.05, 0) is 57.6 Å². The molecule has 3 heterocycles. The number of carboxylic acid groups (broad SMARTS) is 1. The Labute approximate surface area is 348 Å². The minimum absolute atomic E-state index is 0.0139. The van der Waals surface area contributed by atoms with Crippen molar-refractivity contribution in [2.45, 2.75) is 129 Å². The Bertz CT molecular complexity index is 1910. The molecular formula is C42H60BN6O9P. The van der Waals surface area contributed by atoms with Crippen LogP contribution < -0.4 is 15.5 Å². The SMILES string of the molecule is [B][C@H]1CC(CP(=O)(O)OCCCCCCNC(=O)CCC(=O)N2Cc3ccccc3-c3c(nnn3CCCC(NC(C)C)C(=O)O)-c3ccccc32)[C@@H](COC(C)C)O1. The van der Waals surface area contributed by atoms with Crippen LogP contribution in [0, 0.1) is 5.92 Å². The van der Waals surface area contributed by atoms with E-state index in [2.05, 4.69) is 20.9 Å². The standard InChI is InChI=1S/C42H60BN6O9P/c1-28(2)45-34(42(52)53)17-13-22-49-41-32-15-8-7-14-30(32)25-48(35-18-10-9-16-33(35)40(41)46-47-49)39(51)20-19-38(50)44-21-11-5-6-12-23-57-59(54,55)27-31-24-37(43)58-36(31)26-56-29(3)4/h7-10,14-16,18,28-29,31,34,36-37,45H,5-6,11-13,17,19-27H2,1-4H3,(H,44,50)(H,52,53)(H,54,55)/t31?,34?,36-,37-/m1/s1. The van der Waals surface area contributed by atoms with Gasteiger partial charge in [0.25, 0.3) is 0 Å². The number of unbranched alkanes of at least 4 members (excludes halogenated alkanes) is 3. The third kappa shape index (κ3) is 13.5. The van der Waals surface area contributed by atoms with Gasteiger partial charge in [0.15, 0.2) is 0 Å². The third-order valence-corrected chi connectivity index (χ3v) is 12.0. The molecule has 0 bridgehead atoms.